The third-order valence-corrected chi connectivity index (χ3v) is 4.21. The number of rotatable bonds is 17. The summed E-state index contributed by atoms with van der Waals surface area (Å²) in [4.78, 5) is 24.1. The highest BCUT2D eigenvalue weighted by Crippen LogP contribution is 2.10. The van der Waals surface area contributed by atoms with Crippen molar-refractivity contribution in [2.24, 2.45) is 11.5 Å². The summed E-state index contributed by atoms with van der Waals surface area (Å²) in [6, 6.07) is -0.604. The number of nitrogens with two attached hydrogens (primary N) is 2. The van der Waals surface area contributed by atoms with Gasteiger partial charge in [0.25, 0.3) is 0 Å². The molecule has 0 spiro atoms. The molecule has 0 saturated carbocycles. The van der Waals surface area contributed by atoms with E-state index in [0.29, 0.717) is 32.4 Å². The number of ether oxygens (including phenoxy) is 1. The van der Waals surface area contributed by atoms with Gasteiger partial charge in [-0.2, -0.15) is 0 Å². The van der Waals surface area contributed by atoms with Crippen molar-refractivity contribution >= 4 is 11.9 Å². The van der Waals surface area contributed by atoms with Crippen LogP contribution in [0, 0.1) is 0 Å². The maximum atomic E-state index is 12.1. The molecule has 154 valence electrons. The predicted octanol–water partition coefficient (Wildman–Crippen LogP) is 2.14. The molecule has 6 N–H and O–H groups in total. The lowest BCUT2D eigenvalue weighted by molar-refractivity contribution is -0.147. The number of esters is 1. The van der Waals surface area contributed by atoms with E-state index in [0.717, 1.165) is 12.8 Å². The molecule has 0 aliphatic heterocycles. The number of hydrogen-bond donors (Lipinski definition) is 4. The highest BCUT2D eigenvalue weighted by molar-refractivity contribution is 5.84. The van der Waals surface area contributed by atoms with E-state index < -0.39 is 12.3 Å². The summed E-state index contributed by atoms with van der Waals surface area (Å²) in [5.41, 5.74) is 10.8. The van der Waals surface area contributed by atoms with Crippen LogP contribution in [0.1, 0.15) is 84.5 Å². The third-order valence-electron chi connectivity index (χ3n) is 4.21. The number of carbonyl (C=O) groups excluding carboxylic acids is 2. The third kappa shape index (κ3) is 15.1. The number of hydrogen-bond acceptors (Lipinski definition) is 6. The minimum absolute atomic E-state index is 0.0856. The molecule has 0 aliphatic carbocycles. The van der Waals surface area contributed by atoms with Crippen molar-refractivity contribution < 1.29 is 14.3 Å². The SMILES string of the molecule is CCCCCCCCCCC(=O)NC(CCCNC(N)N)C(=O)OCC. The molecule has 0 radical (unpaired) electrons. The second kappa shape index (κ2) is 17.2. The molecule has 0 aliphatic rings. The molecule has 7 nitrogen and oxygen atoms in total. The Morgan fingerprint density at radius 1 is 0.923 bits per heavy atom. The van der Waals surface area contributed by atoms with Crippen LogP contribution in [0.2, 0.25) is 0 Å². The lowest BCUT2D eigenvalue weighted by atomic mass is 10.1. The van der Waals surface area contributed by atoms with Crippen molar-refractivity contribution in [1.82, 2.24) is 10.6 Å². The molecule has 0 fully saturated rings. The Morgan fingerprint density at radius 3 is 2.12 bits per heavy atom. The molecular weight excluding hydrogens is 332 g/mol. The van der Waals surface area contributed by atoms with Crippen molar-refractivity contribution in [2.75, 3.05) is 13.2 Å². The fourth-order valence-corrected chi connectivity index (χ4v) is 2.75. The summed E-state index contributed by atoms with van der Waals surface area (Å²) < 4.78 is 5.05. The van der Waals surface area contributed by atoms with Gasteiger partial charge in [-0.3, -0.25) is 10.1 Å². The zero-order chi connectivity index (χ0) is 19.6. The van der Waals surface area contributed by atoms with Crippen LogP contribution in [0.5, 0.6) is 0 Å². The molecule has 1 atom stereocenters. The van der Waals surface area contributed by atoms with Gasteiger partial charge in [0.15, 0.2) is 0 Å². The number of carbonyl (C=O) groups is 2. The lowest BCUT2D eigenvalue weighted by Gasteiger charge is -2.18. The van der Waals surface area contributed by atoms with E-state index in [2.05, 4.69) is 17.6 Å². The molecule has 0 aromatic rings. The van der Waals surface area contributed by atoms with Crippen LogP contribution >= 0.6 is 0 Å². The van der Waals surface area contributed by atoms with E-state index >= 15 is 0 Å². The Morgan fingerprint density at radius 2 is 1.54 bits per heavy atom. The monoisotopic (exact) mass is 372 g/mol. The second-order valence-corrected chi connectivity index (χ2v) is 6.72. The minimum Gasteiger partial charge on any atom is -0.464 e. The Kier molecular flexibility index (Phi) is 16.5. The molecular formula is C19H40N4O3. The van der Waals surface area contributed by atoms with Crippen LogP contribution in [0.4, 0.5) is 0 Å². The highest BCUT2D eigenvalue weighted by atomic mass is 16.5. The van der Waals surface area contributed by atoms with Gasteiger partial charge in [0.2, 0.25) is 5.91 Å². The van der Waals surface area contributed by atoms with Crippen molar-refractivity contribution in [2.45, 2.75) is 96.8 Å². The van der Waals surface area contributed by atoms with Gasteiger partial charge in [-0.1, -0.05) is 51.9 Å². The summed E-state index contributed by atoms with van der Waals surface area (Å²) in [7, 11) is 0. The van der Waals surface area contributed by atoms with E-state index in [9.17, 15) is 9.59 Å². The molecule has 0 rings (SSSR count). The maximum Gasteiger partial charge on any atom is 0.328 e. The van der Waals surface area contributed by atoms with Gasteiger partial charge < -0.3 is 21.5 Å². The smallest absolute Gasteiger partial charge is 0.328 e. The zero-order valence-electron chi connectivity index (χ0n) is 16.7. The molecule has 0 aromatic carbocycles. The zero-order valence-corrected chi connectivity index (χ0v) is 16.7. The standard InChI is InChI=1S/C19H40N4O3/c1-3-5-6-7-8-9-10-11-14-17(24)23-16(18(25)26-4-2)13-12-15-22-19(20)21/h16,19,22H,3-15,20-21H2,1-2H3,(H,23,24). The van der Waals surface area contributed by atoms with Crippen LogP contribution in [0.15, 0.2) is 0 Å². The van der Waals surface area contributed by atoms with Gasteiger partial charge in [0.1, 0.15) is 12.3 Å². The van der Waals surface area contributed by atoms with Gasteiger partial charge >= 0.3 is 5.97 Å². The van der Waals surface area contributed by atoms with Gasteiger partial charge in [-0.25, -0.2) is 4.79 Å². The molecule has 1 unspecified atom stereocenters. The summed E-state index contributed by atoms with van der Waals surface area (Å²) in [6.45, 7) is 4.86. The predicted molar refractivity (Wildman–Crippen MR) is 105 cm³/mol. The first-order valence-electron chi connectivity index (χ1n) is 10.2. The van der Waals surface area contributed by atoms with Gasteiger partial charge in [-0.15, -0.1) is 0 Å². The number of amides is 1. The van der Waals surface area contributed by atoms with Crippen molar-refractivity contribution in [1.29, 1.82) is 0 Å². The van der Waals surface area contributed by atoms with Crippen LogP contribution in [-0.4, -0.2) is 37.4 Å². The van der Waals surface area contributed by atoms with Crippen LogP contribution in [0.25, 0.3) is 0 Å². The number of nitrogens with one attached hydrogen (secondary N) is 2. The molecule has 1 amide bonds. The van der Waals surface area contributed by atoms with Crippen molar-refractivity contribution in [3.05, 3.63) is 0 Å². The Balaban J connectivity index is 3.98. The number of unbranched alkanes of at least 4 members (excludes halogenated alkanes) is 7. The Hall–Kier alpha value is -1.18. The summed E-state index contributed by atoms with van der Waals surface area (Å²) >= 11 is 0. The van der Waals surface area contributed by atoms with Crippen molar-refractivity contribution in [3.63, 3.8) is 0 Å². The Bertz CT molecular complexity index is 365. The quantitative estimate of drug-likeness (QED) is 0.176. The highest BCUT2D eigenvalue weighted by Gasteiger charge is 2.21. The molecule has 7 heteroatoms. The first kappa shape index (κ1) is 24.8. The second-order valence-electron chi connectivity index (χ2n) is 6.72. The fourth-order valence-electron chi connectivity index (χ4n) is 2.75. The lowest BCUT2D eigenvalue weighted by Crippen LogP contribution is -2.46. The summed E-state index contributed by atoms with van der Waals surface area (Å²) in [5, 5.41) is 5.69. The average molecular weight is 373 g/mol. The van der Waals surface area contributed by atoms with Gasteiger partial charge in [-0.05, 0) is 32.7 Å². The molecule has 0 heterocycles. The first-order valence-corrected chi connectivity index (χ1v) is 10.2. The van der Waals surface area contributed by atoms with E-state index in [1.165, 1.54) is 38.5 Å². The Labute approximate surface area is 159 Å². The first-order chi connectivity index (χ1) is 12.5. The van der Waals surface area contributed by atoms with E-state index in [-0.39, 0.29) is 11.9 Å². The molecule has 26 heavy (non-hydrogen) atoms. The van der Waals surface area contributed by atoms with E-state index in [4.69, 9.17) is 16.2 Å². The fraction of sp³-hybridized carbons (Fsp3) is 0.895. The molecule has 0 saturated heterocycles. The van der Waals surface area contributed by atoms with E-state index in [1.54, 1.807) is 6.92 Å². The van der Waals surface area contributed by atoms with Gasteiger partial charge in [0, 0.05) is 6.42 Å². The normalized spacial score (nSPS) is 12.2. The van der Waals surface area contributed by atoms with Crippen LogP contribution in [0.3, 0.4) is 0 Å². The van der Waals surface area contributed by atoms with E-state index in [1.807, 2.05) is 0 Å². The van der Waals surface area contributed by atoms with Crippen molar-refractivity contribution in [3.8, 4) is 0 Å². The molecule has 0 bridgehead atoms. The summed E-state index contributed by atoms with van der Waals surface area (Å²) in [6.07, 6.45) is 10.5. The van der Waals surface area contributed by atoms with Crippen LogP contribution < -0.4 is 22.1 Å². The summed E-state index contributed by atoms with van der Waals surface area (Å²) in [5.74, 6) is -0.466. The molecule has 0 aromatic heterocycles. The van der Waals surface area contributed by atoms with Gasteiger partial charge in [0.05, 0.1) is 6.61 Å². The average Bonchev–Trinajstić information content (AvgIpc) is 2.59. The maximum absolute atomic E-state index is 12.1. The topological polar surface area (TPSA) is 119 Å². The minimum atomic E-state index is -0.604. The largest absolute Gasteiger partial charge is 0.464 e. The van der Waals surface area contributed by atoms with Crippen LogP contribution in [-0.2, 0) is 14.3 Å².